The van der Waals surface area contributed by atoms with E-state index < -0.39 is 22.4 Å². The third kappa shape index (κ3) is 2.95. The van der Waals surface area contributed by atoms with Crippen LogP contribution in [0.15, 0.2) is 18.2 Å². The highest BCUT2D eigenvalue weighted by Gasteiger charge is 2.37. The molecule has 0 spiro atoms. The molecule has 104 valence electrons. The molecule has 8 heteroatoms. The first kappa shape index (κ1) is 13.6. The Bertz CT molecular complexity index is 485. The molecular formula is C11H13F3N3O2+. The van der Waals surface area contributed by atoms with E-state index in [9.17, 15) is 23.3 Å². The summed E-state index contributed by atoms with van der Waals surface area (Å²) in [6.07, 6.45) is -4.59. The number of nitro groups is 1. The summed E-state index contributed by atoms with van der Waals surface area (Å²) in [6.45, 7) is 2.43. The highest BCUT2D eigenvalue weighted by Crippen LogP contribution is 2.38. The van der Waals surface area contributed by atoms with E-state index in [1.54, 1.807) is 4.90 Å². The van der Waals surface area contributed by atoms with Crippen LogP contribution in [0.3, 0.4) is 0 Å². The number of rotatable bonds is 2. The number of non-ortho nitro benzene ring substituents is 1. The van der Waals surface area contributed by atoms with Crippen LogP contribution < -0.4 is 10.2 Å². The number of hydrogen-bond donors (Lipinski definition) is 1. The van der Waals surface area contributed by atoms with E-state index in [2.05, 4.69) is 0 Å². The lowest BCUT2D eigenvalue weighted by Gasteiger charge is -2.29. The summed E-state index contributed by atoms with van der Waals surface area (Å²) in [7, 11) is 0. The quantitative estimate of drug-likeness (QED) is 0.647. The molecule has 0 aliphatic carbocycles. The largest absolute Gasteiger partial charge is 0.418 e. The summed E-state index contributed by atoms with van der Waals surface area (Å²) in [4.78, 5) is 11.4. The molecule has 1 aromatic carbocycles. The van der Waals surface area contributed by atoms with Crippen molar-refractivity contribution in [1.82, 2.24) is 0 Å². The Morgan fingerprint density at radius 3 is 2.42 bits per heavy atom. The molecule has 0 saturated carbocycles. The SMILES string of the molecule is O=[N+]([O-])c1ccc(N2CC[NH2+]CC2)c(C(F)(F)F)c1. The van der Waals surface area contributed by atoms with Gasteiger partial charge in [0, 0.05) is 17.8 Å². The lowest BCUT2D eigenvalue weighted by atomic mass is 10.1. The third-order valence-corrected chi connectivity index (χ3v) is 3.04. The van der Waals surface area contributed by atoms with Crippen LogP contribution in [0.2, 0.25) is 0 Å². The molecule has 1 aliphatic heterocycles. The summed E-state index contributed by atoms with van der Waals surface area (Å²) in [6, 6.07) is 2.91. The Morgan fingerprint density at radius 1 is 1.26 bits per heavy atom. The van der Waals surface area contributed by atoms with E-state index in [4.69, 9.17) is 0 Å². The van der Waals surface area contributed by atoms with Gasteiger partial charge < -0.3 is 10.2 Å². The fourth-order valence-corrected chi connectivity index (χ4v) is 2.13. The van der Waals surface area contributed by atoms with Gasteiger partial charge in [-0.25, -0.2) is 0 Å². The Hall–Kier alpha value is -1.83. The summed E-state index contributed by atoms with van der Waals surface area (Å²) in [5, 5.41) is 12.6. The van der Waals surface area contributed by atoms with Gasteiger partial charge in [0.15, 0.2) is 0 Å². The Labute approximate surface area is 107 Å². The molecule has 0 amide bonds. The zero-order valence-electron chi connectivity index (χ0n) is 9.98. The number of quaternary nitrogens is 1. The lowest BCUT2D eigenvalue weighted by Crippen LogP contribution is -2.89. The fourth-order valence-electron chi connectivity index (χ4n) is 2.13. The molecule has 1 fully saturated rings. The van der Waals surface area contributed by atoms with Gasteiger partial charge in [0.05, 0.1) is 36.7 Å². The van der Waals surface area contributed by atoms with E-state index in [1.807, 2.05) is 5.32 Å². The number of alkyl halides is 3. The zero-order chi connectivity index (χ0) is 14.0. The van der Waals surface area contributed by atoms with E-state index in [0.29, 0.717) is 32.2 Å². The molecule has 1 aliphatic rings. The molecule has 1 heterocycles. The second-order valence-corrected chi connectivity index (χ2v) is 4.31. The summed E-state index contributed by atoms with van der Waals surface area (Å²) in [5.41, 5.74) is -1.46. The van der Waals surface area contributed by atoms with Crippen molar-refractivity contribution in [1.29, 1.82) is 0 Å². The maximum Gasteiger partial charge on any atom is 0.418 e. The number of nitro benzene ring substituents is 1. The van der Waals surface area contributed by atoms with Crippen molar-refractivity contribution in [3.8, 4) is 0 Å². The first-order chi connectivity index (χ1) is 8.89. The molecule has 1 saturated heterocycles. The van der Waals surface area contributed by atoms with Crippen molar-refractivity contribution in [3.05, 3.63) is 33.9 Å². The van der Waals surface area contributed by atoms with Gasteiger partial charge in [-0.15, -0.1) is 0 Å². The van der Waals surface area contributed by atoms with E-state index in [0.717, 1.165) is 6.07 Å². The molecular weight excluding hydrogens is 263 g/mol. The topological polar surface area (TPSA) is 63.0 Å². The lowest BCUT2D eigenvalue weighted by molar-refractivity contribution is -0.655. The average molecular weight is 276 g/mol. The third-order valence-electron chi connectivity index (χ3n) is 3.04. The predicted octanol–water partition coefficient (Wildman–Crippen LogP) is 0.997. The number of anilines is 1. The average Bonchev–Trinajstić information content (AvgIpc) is 2.38. The summed E-state index contributed by atoms with van der Waals surface area (Å²) >= 11 is 0. The second-order valence-electron chi connectivity index (χ2n) is 4.31. The van der Waals surface area contributed by atoms with Crippen LogP contribution in [0.4, 0.5) is 24.5 Å². The number of nitrogens with two attached hydrogens (primary N) is 1. The number of benzene rings is 1. The molecule has 0 unspecified atom stereocenters. The Morgan fingerprint density at radius 2 is 1.89 bits per heavy atom. The first-order valence-electron chi connectivity index (χ1n) is 5.82. The van der Waals surface area contributed by atoms with Gasteiger partial charge >= 0.3 is 6.18 Å². The van der Waals surface area contributed by atoms with Crippen molar-refractivity contribution >= 4 is 11.4 Å². The zero-order valence-corrected chi connectivity index (χ0v) is 9.98. The molecule has 0 aromatic heterocycles. The molecule has 2 N–H and O–H groups in total. The normalized spacial score (nSPS) is 16.5. The molecule has 0 radical (unpaired) electrons. The van der Waals surface area contributed by atoms with Gasteiger partial charge in [-0.3, -0.25) is 10.1 Å². The van der Waals surface area contributed by atoms with Gasteiger partial charge in [-0.1, -0.05) is 0 Å². The highest BCUT2D eigenvalue weighted by molar-refractivity contribution is 5.59. The van der Waals surface area contributed by atoms with Gasteiger partial charge in [0.25, 0.3) is 5.69 Å². The molecule has 0 atom stereocenters. The fraction of sp³-hybridized carbons (Fsp3) is 0.455. The van der Waals surface area contributed by atoms with Gasteiger partial charge in [0.1, 0.15) is 0 Å². The van der Waals surface area contributed by atoms with Gasteiger partial charge in [-0.05, 0) is 6.07 Å². The van der Waals surface area contributed by atoms with Crippen molar-refractivity contribution in [2.45, 2.75) is 6.18 Å². The van der Waals surface area contributed by atoms with Crippen LogP contribution >= 0.6 is 0 Å². The molecule has 2 rings (SSSR count). The highest BCUT2D eigenvalue weighted by atomic mass is 19.4. The van der Waals surface area contributed by atoms with Crippen LogP contribution in [-0.4, -0.2) is 31.1 Å². The number of nitrogens with zero attached hydrogens (tertiary/aromatic N) is 2. The number of hydrogen-bond acceptors (Lipinski definition) is 3. The van der Waals surface area contributed by atoms with Crippen molar-refractivity contribution in [2.75, 3.05) is 31.1 Å². The van der Waals surface area contributed by atoms with E-state index in [-0.39, 0.29) is 5.69 Å². The minimum Gasteiger partial charge on any atom is -0.360 e. The molecule has 1 aromatic rings. The maximum atomic E-state index is 13.0. The van der Waals surface area contributed by atoms with Crippen LogP contribution in [-0.2, 0) is 6.18 Å². The smallest absolute Gasteiger partial charge is 0.360 e. The van der Waals surface area contributed by atoms with E-state index in [1.165, 1.54) is 6.07 Å². The van der Waals surface area contributed by atoms with Gasteiger partial charge in [-0.2, -0.15) is 13.2 Å². The van der Waals surface area contributed by atoms with Crippen LogP contribution in [0.5, 0.6) is 0 Å². The number of halogens is 3. The summed E-state index contributed by atoms with van der Waals surface area (Å²) in [5.74, 6) is 0. The minimum atomic E-state index is -4.59. The van der Waals surface area contributed by atoms with Crippen molar-refractivity contribution in [3.63, 3.8) is 0 Å². The minimum absolute atomic E-state index is 0.0196. The molecule has 19 heavy (non-hydrogen) atoms. The Balaban J connectivity index is 2.44. The number of piperazine rings is 1. The van der Waals surface area contributed by atoms with E-state index >= 15 is 0 Å². The monoisotopic (exact) mass is 276 g/mol. The van der Waals surface area contributed by atoms with Crippen molar-refractivity contribution in [2.24, 2.45) is 0 Å². The van der Waals surface area contributed by atoms with Crippen LogP contribution in [0.1, 0.15) is 5.56 Å². The van der Waals surface area contributed by atoms with Crippen molar-refractivity contribution < 1.29 is 23.4 Å². The molecule has 5 nitrogen and oxygen atoms in total. The summed E-state index contributed by atoms with van der Waals surface area (Å²) < 4.78 is 39.0. The maximum absolute atomic E-state index is 13.0. The van der Waals surface area contributed by atoms with Crippen LogP contribution in [0, 0.1) is 10.1 Å². The van der Waals surface area contributed by atoms with Crippen LogP contribution in [0.25, 0.3) is 0 Å². The van der Waals surface area contributed by atoms with Gasteiger partial charge in [0.2, 0.25) is 0 Å². The standard InChI is InChI=1S/C11H12F3N3O2/c12-11(13,14)9-7-8(17(18)19)1-2-10(9)16-5-3-15-4-6-16/h1-2,7,15H,3-6H2/p+1. The first-order valence-corrected chi connectivity index (χ1v) is 5.82. The Kier molecular flexibility index (Phi) is 3.61. The second kappa shape index (κ2) is 5.04. The molecule has 0 bridgehead atoms. The predicted molar refractivity (Wildman–Crippen MR) is 62.0 cm³/mol.